The number of ketones is 1. The van der Waals surface area contributed by atoms with Gasteiger partial charge in [0.05, 0.1) is 16.8 Å². The Morgan fingerprint density at radius 2 is 1.81 bits per heavy atom. The molecule has 32 heavy (non-hydrogen) atoms. The topological polar surface area (TPSA) is 52.0 Å². The number of aryl methyl sites for hydroxylation is 3. The Bertz CT molecular complexity index is 1370. The number of hydrogen-bond donors (Lipinski definition) is 0. The summed E-state index contributed by atoms with van der Waals surface area (Å²) in [5.41, 5.74) is 3.71. The van der Waals surface area contributed by atoms with Crippen LogP contribution in [0, 0.1) is 6.92 Å². The molecular weight excluding hydrogens is 504 g/mol. The number of rotatable bonds is 5. The number of benzene rings is 2. The van der Waals surface area contributed by atoms with Crippen LogP contribution >= 0.6 is 39.0 Å². The first kappa shape index (κ1) is 21.6. The van der Waals surface area contributed by atoms with E-state index in [0.717, 1.165) is 51.6 Å². The number of nitrogens with zero attached hydrogens (tertiary/aromatic N) is 2. The predicted molar refractivity (Wildman–Crippen MR) is 136 cm³/mol. The van der Waals surface area contributed by atoms with Crippen molar-refractivity contribution < 1.29 is 4.79 Å². The second-order valence-electron chi connectivity index (χ2n) is 7.98. The van der Waals surface area contributed by atoms with Crippen molar-refractivity contribution in [3.8, 4) is 5.69 Å². The summed E-state index contributed by atoms with van der Waals surface area (Å²) in [6, 6.07) is 15.2. The first-order valence-corrected chi connectivity index (χ1v) is 13.2. The number of thioether (sulfide) groups is 1. The minimum absolute atomic E-state index is 0.0118. The maximum Gasteiger partial charge on any atom is 0.267 e. The summed E-state index contributed by atoms with van der Waals surface area (Å²) in [7, 11) is 0. The van der Waals surface area contributed by atoms with E-state index in [1.54, 1.807) is 15.9 Å². The normalized spacial score (nSPS) is 13.3. The van der Waals surface area contributed by atoms with E-state index in [4.69, 9.17) is 4.98 Å². The zero-order valence-corrected chi connectivity index (χ0v) is 20.8. The molecule has 0 spiro atoms. The number of Topliss-reactive ketones (excluding diaryl/α,β-unsaturated/α-hetero) is 1. The lowest BCUT2D eigenvalue weighted by Crippen LogP contribution is -2.22. The molecule has 4 aromatic rings. The highest BCUT2D eigenvalue weighted by Gasteiger charge is 2.23. The number of thiophene rings is 1. The highest BCUT2D eigenvalue weighted by Crippen LogP contribution is 2.35. The fraction of sp³-hybridized carbons (Fsp3) is 0.240. The number of aromatic nitrogens is 2. The van der Waals surface area contributed by atoms with Gasteiger partial charge in [-0.1, -0.05) is 57.5 Å². The fourth-order valence-electron chi connectivity index (χ4n) is 4.05. The Hall–Kier alpha value is -2.22. The maximum absolute atomic E-state index is 13.7. The molecular formula is C25H21BrN2O2S2. The fourth-order valence-corrected chi connectivity index (χ4v) is 6.53. The van der Waals surface area contributed by atoms with Gasteiger partial charge in [0.15, 0.2) is 10.9 Å². The van der Waals surface area contributed by atoms with Gasteiger partial charge in [-0.15, -0.1) is 11.3 Å². The molecule has 7 heteroatoms. The molecule has 1 aliphatic rings. The highest BCUT2D eigenvalue weighted by molar-refractivity contribution is 9.10. The van der Waals surface area contributed by atoms with Crippen LogP contribution in [0.1, 0.15) is 39.2 Å². The SMILES string of the molecule is Cc1ccc(-n2c(SCC(=O)c3ccc(Br)cc3)nc3sc4c(c3c2=O)CCCC4)cc1. The monoisotopic (exact) mass is 524 g/mol. The molecule has 0 unspecified atom stereocenters. The van der Waals surface area contributed by atoms with Crippen LogP contribution < -0.4 is 5.56 Å². The van der Waals surface area contributed by atoms with E-state index < -0.39 is 0 Å². The molecule has 162 valence electrons. The largest absolute Gasteiger partial charge is 0.293 e. The summed E-state index contributed by atoms with van der Waals surface area (Å²) in [6.45, 7) is 2.02. The van der Waals surface area contributed by atoms with E-state index in [1.165, 1.54) is 22.2 Å². The molecule has 0 saturated carbocycles. The summed E-state index contributed by atoms with van der Waals surface area (Å²) in [5.74, 6) is 0.231. The number of halogens is 1. The quantitative estimate of drug-likeness (QED) is 0.173. The molecule has 2 aromatic carbocycles. The Kier molecular flexibility index (Phi) is 6.05. The van der Waals surface area contributed by atoms with E-state index in [9.17, 15) is 9.59 Å². The molecule has 2 heterocycles. The van der Waals surface area contributed by atoms with Crippen LogP contribution in [0.4, 0.5) is 0 Å². The summed E-state index contributed by atoms with van der Waals surface area (Å²) in [5, 5.41) is 1.32. The molecule has 1 aliphatic carbocycles. The molecule has 0 atom stereocenters. The predicted octanol–water partition coefficient (Wildman–Crippen LogP) is 6.37. The summed E-state index contributed by atoms with van der Waals surface area (Å²) in [4.78, 5) is 33.5. The van der Waals surface area contributed by atoms with Gasteiger partial charge in [0, 0.05) is 14.9 Å². The van der Waals surface area contributed by atoms with E-state index in [0.29, 0.717) is 10.7 Å². The molecule has 0 N–H and O–H groups in total. The Balaban J connectivity index is 1.59. The zero-order valence-electron chi connectivity index (χ0n) is 17.6. The molecule has 0 fully saturated rings. The van der Waals surface area contributed by atoms with Crippen molar-refractivity contribution in [3.05, 3.63) is 84.9 Å². The Morgan fingerprint density at radius 3 is 2.56 bits per heavy atom. The van der Waals surface area contributed by atoms with E-state index in [1.807, 2.05) is 55.5 Å². The van der Waals surface area contributed by atoms with Crippen LogP contribution in [0.2, 0.25) is 0 Å². The Morgan fingerprint density at radius 1 is 1.09 bits per heavy atom. The van der Waals surface area contributed by atoms with Gasteiger partial charge < -0.3 is 0 Å². The van der Waals surface area contributed by atoms with Gasteiger partial charge in [-0.2, -0.15) is 0 Å². The second-order valence-corrected chi connectivity index (χ2v) is 10.9. The summed E-state index contributed by atoms with van der Waals surface area (Å²) < 4.78 is 2.62. The van der Waals surface area contributed by atoms with Crippen molar-refractivity contribution >= 4 is 55.0 Å². The highest BCUT2D eigenvalue weighted by atomic mass is 79.9. The summed E-state index contributed by atoms with van der Waals surface area (Å²) in [6.07, 6.45) is 4.23. The standard InChI is InChI=1S/C25H21BrN2O2S2/c1-15-6-12-18(13-7-15)28-24(30)22-19-4-2-3-5-21(19)32-23(22)27-25(28)31-14-20(29)16-8-10-17(26)11-9-16/h6-13H,2-5,14H2,1H3. The van der Waals surface area contributed by atoms with E-state index >= 15 is 0 Å². The smallest absolute Gasteiger partial charge is 0.267 e. The average molecular weight is 525 g/mol. The molecule has 0 saturated heterocycles. The van der Waals surface area contributed by atoms with E-state index in [-0.39, 0.29) is 17.1 Å². The molecule has 2 aromatic heterocycles. The number of carbonyl (C=O) groups excluding carboxylic acids is 1. The molecule has 4 nitrogen and oxygen atoms in total. The molecule has 0 aliphatic heterocycles. The van der Waals surface area contributed by atoms with Crippen LogP contribution in [0.25, 0.3) is 15.9 Å². The van der Waals surface area contributed by atoms with Crippen LogP contribution in [0.15, 0.2) is 63.0 Å². The number of hydrogen-bond acceptors (Lipinski definition) is 5. The number of fused-ring (bicyclic) bond motifs is 3. The van der Waals surface area contributed by atoms with Crippen molar-refractivity contribution in [2.24, 2.45) is 0 Å². The van der Waals surface area contributed by atoms with Gasteiger partial charge in [-0.25, -0.2) is 4.98 Å². The lowest BCUT2D eigenvalue weighted by atomic mass is 9.97. The zero-order chi connectivity index (χ0) is 22.2. The van der Waals surface area contributed by atoms with Crippen molar-refractivity contribution in [1.82, 2.24) is 9.55 Å². The minimum atomic E-state index is -0.0307. The van der Waals surface area contributed by atoms with Crippen molar-refractivity contribution in [2.75, 3.05) is 5.75 Å². The van der Waals surface area contributed by atoms with Crippen LogP contribution in [0.5, 0.6) is 0 Å². The third-order valence-electron chi connectivity index (χ3n) is 5.75. The third-order valence-corrected chi connectivity index (χ3v) is 8.40. The lowest BCUT2D eigenvalue weighted by Gasteiger charge is -2.14. The minimum Gasteiger partial charge on any atom is -0.293 e. The van der Waals surface area contributed by atoms with Crippen LogP contribution in [0.3, 0.4) is 0 Å². The van der Waals surface area contributed by atoms with Crippen molar-refractivity contribution in [1.29, 1.82) is 0 Å². The van der Waals surface area contributed by atoms with Gasteiger partial charge in [0.25, 0.3) is 5.56 Å². The first-order chi connectivity index (χ1) is 15.5. The second kappa shape index (κ2) is 8.96. The van der Waals surface area contributed by atoms with Crippen LogP contribution in [-0.4, -0.2) is 21.1 Å². The van der Waals surface area contributed by atoms with E-state index in [2.05, 4.69) is 15.9 Å². The van der Waals surface area contributed by atoms with Gasteiger partial charge in [0.1, 0.15) is 4.83 Å². The van der Waals surface area contributed by atoms with Gasteiger partial charge >= 0.3 is 0 Å². The van der Waals surface area contributed by atoms with Crippen molar-refractivity contribution in [2.45, 2.75) is 37.8 Å². The van der Waals surface area contributed by atoms with Gasteiger partial charge in [-0.05, 0) is 62.4 Å². The maximum atomic E-state index is 13.7. The molecule has 0 bridgehead atoms. The lowest BCUT2D eigenvalue weighted by molar-refractivity contribution is 0.102. The molecule has 0 radical (unpaired) electrons. The van der Waals surface area contributed by atoms with Gasteiger partial charge in [-0.3, -0.25) is 14.2 Å². The Labute approximate surface area is 202 Å². The number of carbonyl (C=O) groups is 1. The van der Waals surface area contributed by atoms with Crippen LogP contribution in [-0.2, 0) is 12.8 Å². The third kappa shape index (κ3) is 4.09. The molecule has 0 amide bonds. The average Bonchev–Trinajstić information content (AvgIpc) is 3.17. The van der Waals surface area contributed by atoms with Crippen molar-refractivity contribution in [3.63, 3.8) is 0 Å². The summed E-state index contributed by atoms with van der Waals surface area (Å²) >= 11 is 6.37. The first-order valence-electron chi connectivity index (χ1n) is 10.6. The van der Waals surface area contributed by atoms with Gasteiger partial charge in [0.2, 0.25) is 0 Å². The molecule has 5 rings (SSSR count).